The second kappa shape index (κ2) is 5.12. The fourth-order valence-corrected chi connectivity index (χ4v) is 2.58. The number of anilines is 1. The van der Waals surface area contributed by atoms with Crippen molar-refractivity contribution in [3.63, 3.8) is 0 Å². The summed E-state index contributed by atoms with van der Waals surface area (Å²) < 4.78 is 27.9. The number of sulfonamides is 1. The van der Waals surface area contributed by atoms with Crippen LogP contribution in [0.4, 0.5) is 5.69 Å². The van der Waals surface area contributed by atoms with E-state index in [0.29, 0.717) is 12.1 Å². The molecule has 2 aromatic rings. The van der Waals surface area contributed by atoms with E-state index < -0.39 is 10.0 Å². The maximum Gasteiger partial charge on any atom is 0.265 e. The first kappa shape index (κ1) is 13.1. The Morgan fingerprint density at radius 1 is 1.37 bits per heavy atom. The van der Waals surface area contributed by atoms with Gasteiger partial charge in [0.15, 0.2) is 0 Å². The van der Waals surface area contributed by atoms with Crippen LogP contribution >= 0.6 is 0 Å². The smallest absolute Gasteiger partial charge is 0.265 e. The Balaban J connectivity index is 2.19. The predicted octanol–water partition coefficient (Wildman–Crippen LogP) is 1.29. The minimum absolute atomic E-state index is 0.108. The summed E-state index contributed by atoms with van der Waals surface area (Å²) >= 11 is 0. The van der Waals surface area contributed by atoms with Crippen molar-refractivity contribution in [2.45, 2.75) is 11.3 Å². The van der Waals surface area contributed by atoms with Crippen LogP contribution in [0.1, 0.15) is 5.56 Å². The standard InChI is InChI=1S/C12H12N4O2S/c1-16-9-12(8-14-16)19(17,18)15-11-4-2-10(3-5-11)6-7-13/h2-5,8-9,15H,6H2,1H3. The van der Waals surface area contributed by atoms with Gasteiger partial charge in [-0.05, 0) is 17.7 Å². The van der Waals surface area contributed by atoms with Crippen LogP contribution in [0, 0.1) is 11.3 Å². The molecule has 0 saturated heterocycles. The van der Waals surface area contributed by atoms with Crippen LogP contribution in [0.25, 0.3) is 0 Å². The Labute approximate surface area is 111 Å². The van der Waals surface area contributed by atoms with Gasteiger partial charge in [0.2, 0.25) is 0 Å². The third-order valence-electron chi connectivity index (χ3n) is 2.48. The summed E-state index contributed by atoms with van der Waals surface area (Å²) in [6, 6.07) is 8.71. The molecule has 0 aliphatic carbocycles. The Morgan fingerprint density at radius 2 is 2.05 bits per heavy atom. The van der Waals surface area contributed by atoms with Crippen LogP contribution in [0.3, 0.4) is 0 Å². The normalized spacial score (nSPS) is 10.9. The summed E-state index contributed by atoms with van der Waals surface area (Å²) in [6.07, 6.45) is 3.01. The van der Waals surface area contributed by atoms with Crippen molar-refractivity contribution in [3.05, 3.63) is 42.2 Å². The zero-order valence-electron chi connectivity index (χ0n) is 10.2. The number of nitrogens with one attached hydrogen (secondary N) is 1. The van der Waals surface area contributed by atoms with Gasteiger partial charge in [0.05, 0.1) is 18.7 Å². The fourth-order valence-electron chi connectivity index (χ4n) is 1.53. The number of nitriles is 1. The van der Waals surface area contributed by atoms with Gasteiger partial charge in [-0.1, -0.05) is 12.1 Å². The van der Waals surface area contributed by atoms with Crippen LogP contribution in [0.2, 0.25) is 0 Å². The average molecular weight is 276 g/mol. The lowest BCUT2D eigenvalue weighted by Crippen LogP contribution is -2.12. The molecule has 98 valence electrons. The predicted molar refractivity (Wildman–Crippen MR) is 69.8 cm³/mol. The van der Waals surface area contributed by atoms with E-state index in [2.05, 4.69) is 9.82 Å². The number of nitrogens with zero attached hydrogens (tertiary/aromatic N) is 3. The van der Waals surface area contributed by atoms with Crippen molar-refractivity contribution < 1.29 is 8.42 Å². The molecule has 19 heavy (non-hydrogen) atoms. The third-order valence-corrected chi connectivity index (χ3v) is 3.82. The maximum absolute atomic E-state index is 12.0. The van der Waals surface area contributed by atoms with Crippen molar-refractivity contribution in [2.24, 2.45) is 7.05 Å². The number of hydrogen-bond acceptors (Lipinski definition) is 4. The molecular weight excluding hydrogens is 264 g/mol. The van der Waals surface area contributed by atoms with E-state index in [1.165, 1.54) is 17.1 Å². The minimum Gasteiger partial charge on any atom is -0.280 e. The topological polar surface area (TPSA) is 87.8 Å². The first-order chi connectivity index (χ1) is 9.01. The van der Waals surface area contributed by atoms with Crippen molar-refractivity contribution in [1.82, 2.24) is 9.78 Å². The fraction of sp³-hybridized carbons (Fsp3) is 0.167. The highest BCUT2D eigenvalue weighted by molar-refractivity contribution is 7.92. The van der Waals surface area contributed by atoms with Gasteiger partial charge in [-0.3, -0.25) is 9.40 Å². The van der Waals surface area contributed by atoms with Gasteiger partial charge in [-0.15, -0.1) is 0 Å². The van der Waals surface area contributed by atoms with Crippen LogP contribution < -0.4 is 4.72 Å². The highest BCUT2D eigenvalue weighted by atomic mass is 32.2. The van der Waals surface area contributed by atoms with Gasteiger partial charge in [-0.25, -0.2) is 8.42 Å². The maximum atomic E-state index is 12.0. The lowest BCUT2D eigenvalue weighted by molar-refractivity contribution is 0.601. The average Bonchev–Trinajstić information content (AvgIpc) is 2.79. The summed E-state index contributed by atoms with van der Waals surface area (Å²) in [5.74, 6) is 0. The molecule has 0 amide bonds. The van der Waals surface area contributed by atoms with Crippen molar-refractivity contribution in [2.75, 3.05) is 4.72 Å². The molecule has 1 aromatic heterocycles. The van der Waals surface area contributed by atoms with Gasteiger partial charge in [0.25, 0.3) is 10.0 Å². The molecule has 0 atom stereocenters. The second-order valence-corrected chi connectivity index (χ2v) is 5.67. The van der Waals surface area contributed by atoms with Crippen LogP contribution in [0.5, 0.6) is 0 Å². The summed E-state index contributed by atoms with van der Waals surface area (Å²) in [4.78, 5) is 0.108. The molecule has 1 aromatic carbocycles. The largest absolute Gasteiger partial charge is 0.280 e. The van der Waals surface area contributed by atoms with Crippen LogP contribution in [-0.4, -0.2) is 18.2 Å². The van der Waals surface area contributed by atoms with E-state index in [9.17, 15) is 8.42 Å². The van der Waals surface area contributed by atoms with Gasteiger partial charge in [-0.2, -0.15) is 10.4 Å². The Kier molecular flexibility index (Phi) is 3.53. The number of rotatable bonds is 4. The summed E-state index contributed by atoms with van der Waals surface area (Å²) in [5.41, 5.74) is 1.29. The molecule has 0 spiro atoms. The molecule has 6 nitrogen and oxygen atoms in total. The van der Waals surface area contributed by atoms with E-state index in [4.69, 9.17) is 5.26 Å². The minimum atomic E-state index is -3.62. The van der Waals surface area contributed by atoms with E-state index >= 15 is 0 Å². The molecule has 0 bridgehead atoms. The van der Waals surface area contributed by atoms with Gasteiger partial charge >= 0.3 is 0 Å². The number of aromatic nitrogens is 2. The molecule has 0 radical (unpaired) electrons. The molecule has 0 aliphatic rings. The van der Waals surface area contributed by atoms with Gasteiger partial charge < -0.3 is 0 Å². The monoisotopic (exact) mass is 276 g/mol. The zero-order valence-corrected chi connectivity index (χ0v) is 11.1. The van der Waals surface area contributed by atoms with E-state index in [1.807, 2.05) is 6.07 Å². The van der Waals surface area contributed by atoms with E-state index in [-0.39, 0.29) is 4.90 Å². The van der Waals surface area contributed by atoms with Crippen molar-refractivity contribution in [1.29, 1.82) is 5.26 Å². The van der Waals surface area contributed by atoms with E-state index in [1.54, 1.807) is 31.3 Å². The van der Waals surface area contributed by atoms with Gasteiger partial charge in [0, 0.05) is 18.9 Å². The first-order valence-corrected chi connectivity index (χ1v) is 6.97. The highest BCUT2D eigenvalue weighted by Crippen LogP contribution is 2.16. The lowest BCUT2D eigenvalue weighted by atomic mass is 10.1. The van der Waals surface area contributed by atoms with Crippen molar-refractivity contribution in [3.8, 4) is 6.07 Å². The zero-order chi connectivity index (χ0) is 13.9. The molecule has 0 saturated carbocycles. The molecule has 1 heterocycles. The van der Waals surface area contributed by atoms with E-state index in [0.717, 1.165) is 5.56 Å². The molecule has 0 fully saturated rings. The number of benzene rings is 1. The second-order valence-electron chi connectivity index (χ2n) is 3.99. The van der Waals surface area contributed by atoms with Gasteiger partial charge in [0.1, 0.15) is 4.90 Å². The highest BCUT2D eigenvalue weighted by Gasteiger charge is 2.15. The van der Waals surface area contributed by atoms with Crippen LogP contribution in [-0.2, 0) is 23.5 Å². The molecule has 0 unspecified atom stereocenters. The molecule has 0 aliphatic heterocycles. The summed E-state index contributed by atoms with van der Waals surface area (Å²) in [5, 5.41) is 12.4. The lowest BCUT2D eigenvalue weighted by Gasteiger charge is -2.06. The number of aryl methyl sites for hydroxylation is 1. The Hall–Kier alpha value is -2.33. The molecule has 2 rings (SSSR count). The van der Waals surface area contributed by atoms with Crippen molar-refractivity contribution >= 4 is 15.7 Å². The quantitative estimate of drug-likeness (QED) is 0.911. The molecular formula is C12H12N4O2S. The van der Waals surface area contributed by atoms with Crippen LogP contribution in [0.15, 0.2) is 41.6 Å². The summed E-state index contributed by atoms with van der Waals surface area (Å²) in [7, 11) is -1.97. The summed E-state index contributed by atoms with van der Waals surface area (Å²) in [6.45, 7) is 0. The molecule has 7 heteroatoms. The Morgan fingerprint density at radius 3 is 2.58 bits per heavy atom. The first-order valence-electron chi connectivity index (χ1n) is 5.48. The third kappa shape index (κ3) is 3.11. The Bertz CT molecular complexity index is 711. The SMILES string of the molecule is Cn1cc(S(=O)(=O)Nc2ccc(CC#N)cc2)cn1. The molecule has 1 N–H and O–H groups in total. The number of hydrogen-bond donors (Lipinski definition) is 1.